The molecule has 3 aromatic rings. The van der Waals surface area contributed by atoms with Gasteiger partial charge in [-0.3, -0.25) is 0 Å². The second kappa shape index (κ2) is 6.35. The van der Waals surface area contributed by atoms with Gasteiger partial charge < -0.3 is 9.47 Å². The Kier molecular flexibility index (Phi) is 4.10. The van der Waals surface area contributed by atoms with Gasteiger partial charge in [-0.2, -0.15) is 0 Å². The third-order valence-electron chi connectivity index (χ3n) is 3.65. The average Bonchev–Trinajstić information content (AvgIpc) is 2.59. The Bertz CT molecular complexity index is 819. The van der Waals surface area contributed by atoms with Crippen molar-refractivity contribution in [3.63, 3.8) is 0 Å². The van der Waals surface area contributed by atoms with Crippen molar-refractivity contribution >= 4 is 22.9 Å². The molecule has 0 bridgehead atoms. The van der Waals surface area contributed by atoms with Crippen LogP contribution in [0.4, 0.5) is 0 Å². The van der Waals surface area contributed by atoms with Crippen molar-refractivity contribution < 1.29 is 9.47 Å². The number of hydrogen-bond acceptors (Lipinski definition) is 2. The quantitative estimate of drug-likeness (QED) is 0.628. The standard InChI is InChI=1S/C20H18O2/c1-21-19-12-10-16(14-20(19)22-2)8-7-15-9-11-17-5-3-4-6-18(17)13-15/h3-14H,1-2H3/b8-7+. The van der Waals surface area contributed by atoms with Crippen LogP contribution < -0.4 is 9.47 Å². The van der Waals surface area contributed by atoms with Crippen LogP contribution in [-0.2, 0) is 0 Å². The topological polar surface area (TPSA) is 18.5 Å². The molecule has 0 saturated carbocycles. The lowest BCUT2D eigenvalue weighted by Crippen LogP contribution is -1.90. The Morgan fingerprint density at radius 1 is 0.636 bits per heavy atom. The minimum atomic E-state index is 0.739. The summed E-state index contributed by atoms with van der Waals surface area (Å²) in [6.45, 7) is 0. The van der Waals surface area contributed by atoms with E-state index in [0.29, 0.717) is 0 Å². The summed E-state index contributed by atoms with van der Waals surface area (Å²) in [7, 11) is 3.29. The number of methoxy groups -OCH3 is 2. The van der Waals surface area contributed by atoms with E-state index >= 15 is 0 Å². The van der Waals surface area contributed by atoms with Gasteiger partial charge in [0.1, 0.15) is 0 Å². The van der Waals surface area contributed by atoms with Crippen molar-refractivity contribution in [2.45, 2.75) is 0 Å². The third kappa shape index (κ3) is 2.96. The van der Waals surface area contributed by atoms with Crippen LogP contribution in [0, 0.1) is 0 Å². The molecule has 3 rings (SSSR count). The predicted molar refractivity (Wildman–Crippen MR) is 92.4 cm³/mol. The highest BCUT2D eigenvalue weighted by Crippen LogP contribution is 2.28. The van der Waals surface area contributed by atoms with Crippen molar-refractivity contribution in [2.24, 2.45) is 0 Å². The minimum Gasteiger partial charge on any atom is -0.493 e. The molecule has 0 aliphatic rings. The molecule has 0 aliphatic carbocycles. The lowest BCUT2D eigenvalue weighted by molar-refractivity contribution is 0.355. The van der Waals surface area contributed by atoms with Gasteiger partial charge in [0.25, 0.3) is 0 Å². The molecule has 0 atom stereocenters. The lowest BCUT2D eigenvalue weighted by Gasteiger charge is -2.07. The molecule has 22 heavy (non-hydrogen) atoms. The van der Waals surface area contributed by atoms with Crippen molar-refractivity contribution in [1.82, 2.24) is 0 Å². The summed E-state index contributed by atoms with van der Waals surface area (Å²) in [4.78, 5) is 0. The van der Waals surface area contributed by atoms with Gasteiger partial charge in [0.15, 0.2) is 11.5 Å². The maximum absolute atomic E-state index is 5.33. The van der Waals surface area contributed by atoms with Gasteiger partial charge in [0.05, 0.1) is 14.2 Å². The SMILES string of the molecule is COc1ccc(/C=C/c2ccc3ccccc3c2)cc1OC. The lowest BCUT2D eigenvalue weighted by atomic mass is 10.1. The number of rotatable bonds is 4. The predicted octanol–water partition coefficient (Wildman–Crippen LogP) is 5.03. The molecule has 0 heterocycles. The van der Waals surface area contributed by atoms with Crippen LogP contribution in [0.2, 0.25) is 0 Å². The fourth-order valence-electron chi connectivity index (χ4n) is 2.46. The summed E-state index contributed by atoms with van der Waals surface area (Å²) in [5.74, 6) is 1.48. The Balaban J connectivity index is 1.89. The molecule has 2 heteroatoms. The van der Waals surface area contributed by atoms with E-state index in [1.807, 2.05) is 18.2 Å². The molecule has 110 valence electrons. The normalized spacial score (nSPS) is 11.0. The minimum absolute atomic E-state index is 0.739. The number of ether oxygens (including phenoxy) is 2. The van der Waals surface area contributed by atoms with Gasteiger partial charge in [-0.05, 0) is 40.1 Å². The first-order chi connectivity index (χ1) is 10.8. The summed E-state index contributed by atoms with van der Waals surface area (Å²) in [5.41, 5.74) is 2.25. The largest absolute Gasteiger partial charge is 0.493 e. The van der Waals surface area contributed by atoms with Crippen molar-refractivity contribution in [2.75, 3.05) is 14.2 Å². The Labute approximate surface area is 130 Å². The van der Waals surface area contributed by atoms with Gasteiger partial charge in [-0.25, -0.2) is 0 Å². The highest BCUT2D eigenvalue weighted by molar-refractivity contribution is 5.86. The van der Waals surface area contributed by atoms with Crippen LogP contribution in [0.3, 0.4) is 0 Å². The Morgan fingerprint density at radius 3 is 2.00 bits per heavy atom. The van der Waals surface area contributed by atoms with E-state index in [1.54, 1.807) is 14.2 Å². The average molecular weight is 290 g/mol. The van der Waals surface area contributed by atoms with Crippen molar-refractivity contribution in [1.29, 1.82) is 0 Å². The molecule has 0 unspecified atom stereocenters. The maximum atomic E-state index is 5.33. The molecule has 0 amide bonds. The van der Waals surface area contributed by atoms with Crippen LogP contribution in [0.1, 0.15) is 11.1 Å². The van der Waals surface area contributed by atoms with E-state index in [-0.39, 0.29) is 0 Å². The van der Waals surface area contributed by atoms with E-state index < -0.39 is 0 Å². The summed E-state index contributed by atoms with van der Waals surface area (Å²) < 4.78 is 10.6. The molecule has 0 aromatic heterocycles. The van der Waals surface area contributed by atoms with E-state index in [2.05, 4.69) is 54.6 Å². The third-order valence-corrected chi connectivity index (χ3v) is 3.65. The highest BCUT2D eigenvalue weighted by atomic mass is 16.5. The Morgan fingerprint density at radius 2 is 1.27 bits per heavy atom. The molecule has 0 radical (unpaired) electrons. The van der Waals surface area contributed by atoms with E-state index in [1.165, 1.54) is 16.3 Å². The van der Waals surface area contributed by atoms with Gasteiger partial charge in [0, 0.05) is 0 Å². The molecule has 0 aliphatic heterocycles. The summed E-state index contributed by atoms with van der Waals surface area (Å²) >= 11 is 0. The second-order valence-electron chi connectivity index (χ2n) is 5.05. The van der Waals surface area contributed by atoms with E-state index in [4.69, 9.17) is 9.47 Å². The first kappa shape index (κ1) is 14.2. The summed E-state index contributed by atoms with van der Waals surface area (Å²) in [6, 6.07) is 20.7. The molecular weight excluding hydrogens is 272 g/mol. The number of benzene rings is 3. The zero-order valence-corrected chi connectivity index (χ0v) is 12.7. The van der Waals surface area contributed by atoms with E-state index in [0.717, 1.165) is 17.1 Å². The molecule has 0 spiro atoms. The van der Waals surface area contributed by atoms with Crippen LogP contribution in [0.15, 0.2) is 60.7 Å². The summed E-state index contributed by atoms with van der Waals surface area (Å²) in [5, 5.41) is 2.50. The smallest absolute Gasteiger partial charge is 0.161 e. The van der Waals surface area contributed by atoms with Crippen LogP contribution in [-0.4, -0.2) is 14.2 Å². The van der Waals surface area contributed by atoms with Gasteiger partial charge in [-0.15, -0.1) is 0 Å². The van der Waals surface area contributed by atoms with E-state index in [9.17, 15) is 0 Å². The zero-order chi connectivity index (χ0) is 15.4. The molecule has 2 nitrogen and oxygen atoms in total. The molecule has 0 N–H and O–H groups in total. The zero-order valence-electron chi connectivity index (χ0n) is 12.7. The first-order valence-corrected chi connectivity index (χ1v) is 7.19. The van der Waals surface area contributed by atoms with Crippen molar-refractivity contribution in [3.8, 4) is 11.5 Å². The highest BCUT2D eigenvalue weighted by Gasteiger charge is 2.02. The molecule has 3 aromatic carbocycles. The molecule has 0 saturated heterocycles. The fraction of sp³-hybridized carbons (Fsp3) is 0.100. The molecule has 0 fully saturated rings. The number of fused-ring (bicyclic) bond motifs is 1. The van der Waals surface area contributed by atoms with Gasteiger partial charge in [-0.1, -0.05) is 54.6 Å². The van der Waals surface area contributed by atoms with Crippen LogP contribution in [0.5, 0.6) is 11.5 Å². The fourth-order valence-corrected chi connectivity index (χ4v) is 2.46. The van der Waals surface area contributed by atoms with Crippen LogP contribution in [0.25, 0.3) is 22.9 Å². The van der Waals surface area contributed by atoms with Gasteiger partial charge >= 0.3 is 0 Å². The molecular formula is C20H18O2. The summed E-state index contributed by atoms with van der Waals surface area (Å²) in [6.07, 6.45) is 4.18. The van der Waals surface area contributed by atoms with Crippen LogP contribution >= 0.6 is 0 Å². The number of hydrogen-bond donors (Lipinski definition) is 0. The monoisotopic (exact) mass is 290 g/mol. The van der Waals surface area contributed by atoms with Gasteiger partial charge in [0.2, 0.25) is 0 Å². The Hall–Kier alpha value is -2.74. The van der Waals surface area contributed by atoms with Crippen molar-refractivity contribution in [3.05, 3.63) is 71.8 Å². The maximum Gasteiger partial charge on any atom is 0.161 e. The second-order valence-corrected chi connectivity index (χ2v) is 5.05. The first-order valence-electron chi connectivity index (χ1n) is 7.19.